The van der Waals surface area contributed by atoms with Crippen LogP contribution >= 0.6 is 34.5 Å². The van der Waals surface area contributed by atoms with Crippen molar-refractivity contribution in [3.8, 4) is 22.6 Å². The van der Waals surface area contributed by atoms with Gasteiger partial charge in [-0.1, -0.05) is 29.3 Å². The van der Waals surface area contributed by atoms with E-state index >= 15 is 0 Å². The Balaban J connectivity index is 1.98. The summed E-state index contributed by atoms with van der Waals surface area (Å²) >= 11 is 13.5. The lowest BCUT2D eigenvalue weighted by molar-refractivity contribution is 1.15. The lowest BCUT2D eigenvalue weighted by atomic mass is 10.1. The van der Waals surface area contributed by atoms with Gasteiger partial charge in [0, 0.05) is 27.2 Å². The largest absolute Gasteiger partial charge is 0.304 e. The van der Waals surface area contributed by atoms with E-state index in [1.807, 2.05) is 17.5 Å². The van der Waals surface area contributed by atoms with Crippen molar-refractivity contribution in [2.24, 2.45) is 0 Å². The first kappa shape index (κ1) is 15.3. The van der Waals surface area contributed by atoms with Crippen LogP contribution in [0, 0.1) is 0 Å². The monoisotopic (exact) mass is 373 g/mol. The number of aromatic nitrogens is 3. The smallest absolute Gasteiger partial charge is 0.269 e. The van der Waals surface area contributed by atoms with Gasteiger partial charge in [0.15, 0.2) is 5.82 Å². The molecular formula is C17H9Cl2N3OS. The number of pyridine rings is 1. The first-order chi connectivity index (χ1) is 11.6. The molecule has 0 amide bonds. The van der Waals surface area contributed by atoms with E-state index in [-0.39, 0.29) is 5.56 Å². The van der Waals surface area contributed by atoms with Gasteiger partial charge in [0.25, 0.3) is 5.56 Å². The molecule has 0 spiro atoms. The standard InChI is InChI=1S/C17H9Cl2N3OS/c18-10-5-9(6-11(19)7-10)12-8-24-15-14(12)21-16(22-17(15)23)13-3-1-2-4-20-13/h1-8H,(H,21,22,23). The maximum atomic E-state index is 12.4. The highest BCUT2D eigenvalue weighted by atomic mass is 35.5. The van der Waals surface area contributed by atoms with Crippen LogP contribution in [0.4, 0.5) is 0 Å². The first-order valence-corrected chi connectivity index (χ1v) is 8.65. The normalized spacial score (nSPS) is 11.1. The molecule has 118 valence electrons. The number of hydrogen-bond acceptors (Lipinski definition) is 4. The Morgan fingerprint density at radius 1 is 1.08 bits per heavy atom. The van der Waals surface area contributed by atoms with E-state index in [0.717, 1.165) is 11.1 Å². The van der Waals surface area contributed by atoms with E-state index in [2.05, 4.69) is 15.0 Å². The SMILES string of the molecule is O=c1[nH]c(-c2ccccn2)nc2c(-c3cc(Cl)cc(Cl)c3)csc12. The van der Waals surface area contributed by atoms with Gasteiger partial charge in [-0.25, -0.2) is 4.98 Å². The summed E-state index contributed by atoms with van der Waals surface area (Å²) in [5, 5.41) is 2.95. The van der Waals surface area contributed by atoms with Crippen LogP contribution in [0.25, 0.3) is 32.9 Å². The van der Waals surface area contributed by atoms with Crippen LogP contribution in [0.2, 0.25) is 10.0 Å². The summed E-state index contributed by atoms with van der Waals surface area (Å²) in [5.74, 6) is 0.431. The number of thiophene rings is 1. The fraction of sp³-hybridized carbons (Fsp3) is 0. The highest BCUT2D eigenvalue weighted by molar-refractivity contribution is 7.17. The molecular weight excluding hydrogens is 365 g/mol. The minimum absolute atomic E-state index is 0.190. The Labute approximate surface area is 150 Å². The number of benzene rings is 1. The maximum absolute atomic E-state index is 12.4. The molecule has 0 saturated heterocycles. The zero-order valence-corrected chi connectivity index (χ0v) is 14.4. The molecule has 0 bridgehead atoms. The third-order valence-electron chi connectivity index (χ3n) is 3.51. The summed E-state index contributed by atoms with van der Waals surface area (Å²) in [6.07, 6.45) is 1.66. The predicted molar refractivity (Wildman–Crippen MR) is 98.9 cm³/mol. The number of nitrogens with one attached hydrogen (secondary N) is 1. The minimum Gasteiger partial charge on any atom is -0.304 e. The molecule has 0 radical (unpaired) electrons. The van der Waals surface area contributed by atoms with Gasteiger partial charge in [0.1, 0.15) is 10.4 Å². The minimum atomic E-state index is -0.190. The Hall–Kier alpha value is -2.21. The molecule has 3 aromatic heterocycles. The van der Waals surface area contributed by atoms with Gasteiger partial charge >= 0.3 is 0 Å². The number of fused-ring (bicyclic) bond motifs is 1. The fourth-order valence-electron chi connectivity index (χ4n) is 2.47. The molecule has 4 aromatic rings. The number of halogens is 2. The third kappa shape index (κ3) is 2.71. The number of rotatable bonds is 2. The van der Waals surface area contributed by atoms with Gasteiger partial charge in [-0.2, -0.15) is 0 Å². The highest BCUT2D eigenvalue weighted by Gasteiger charge is 2.14. The molecule has 0 atom stereocenters. The highest BCUT2D eigenvalue weighted by Crippen LogP contribution is 2.34. The Morgan fingerprint density at radius 3 is 2.58 bits per heavy atom. The molecule has 0 unspecified atom stereocenters. The zero-order valence-electron chi connectivity index (χ0n) is 12.1. The molecule has 24 heavy (non-hydrogen) atoms. The number of hydrogen-bond donors (Lipinski definition) is 1. The van der Waals surface area contributed by atoms with Gasteiger partial charge in [0.2, 0.25) is 0 Å². The quantitative estimate of drug-likeness (QED) is 0.536. The van der Waals surface area contributed by atoms with Crippen molar-refractivity contribution in [2.75, 3.05) is 0 Å². The Morgan fingerprint density at radius 2 is 1.88 bits per heavy atom. The molecule has 0 saturated carbocycles. The van der Waals surface area contributed by atoms with Crippen molar-refractivity contribution in [3.63, 3.8) is 0 Å². The second-order valence-electron chi connectivity index (χ2n) is 5.11. The van der Waals surface area contributed by atoms with E-state index in [9.17, 15) is 4.79 Å². The van der Waals surface area contributed by atoms with Crippen LogP contribution in [0.5, 0.6) is 0 Å². The second-order valence-corrected chi connectivity index (χ2v) is 6.87. The van der Waals surface area contributed by atoms with Crippen molar-refractivity contribution in [1.29, 1.82) is 0 Å². The van der Waals surface area contributed by atoms with Crippen molar-refractivity contribution in [2.45, 2.75) is 0 Å². The average molecular weight is 374 g/mol. The van der Waals surface area contributed by atoms with Crippen LogP contribution in [-0.4, -0.2) is 15.0 Å². The molecule has 3 heterocycles. The molecule has 1 aromatic carbocycles. The second kappa shape index (κ2) is 6.02. The molecule has 0 fully saturated rings. The van der Waals surface area contributed by atoms with E-state index in [0.29, 0.717) is 31.8 Å². The number of H-pyrrole nitrogens is 1. The van der Waals surface area contributed by atoms with Crippen molar-refractivity contribution in [1.82, 2.24) is 15.0 Å². The van der Waals surface area contributed by atoms with Crippen LogP contribution in [0.3, 0.4) is 0 Å². The summed E-state index contributed by atoms with van der Waals surface area (Å²) in [4.78, 5) is 24.0. The summed E-state index contributed by atoms with van der Waals surface area (Å²) in [6, 6.07) is 10.7. The molecule has 0 aliphatic carbocycles. The lowest BCUT2D eigenvalue weighted by Gasteiger charge is -2.04. The lowest BCUT2D eigenvalue weighted by Crippen LogP contribution is -2.08. The van der Waals surface area contributed by atoms with Crippen LogP contribution < -0.4 is 5.56 Å². The van der Waals surface area contributed by atoms with Crippen molar-refractivity contribution in [3.05, 3.63) is 68.4 Å². The van der Waals surface area contributed by atoms with E-state index in [1.165, 1.54) is 11.3 Å². The average Bonchev–Trinajstić information content (AvgIpc) is 2.99. The zero-order chi connectivity index (χ0) is 16.7. The molecule has 0 aliphatic heterocycles. The van der Waals surface area contributed by atoms with E-state index < -0.39 is 0 Å². The summed E-state index contributed by atoms with van der Waals surface area (Å²) < 4.78 is 0.556. The molecule has 4 rings (SSSR count). The van der Waals surface area contributed by atoms with Crippen molar-refractivity contribution < 1.29 is 0 Å². The van der Waals surface area contributed by atoms with Crippen molar-refractivity contribution >= 4 is 44.8 Å². The number of nitrogens with zero attached hydrogens (tertiary/aromatic N) is 2. The topological polar surface area (TPSA) is 58.6 Å². The van der Waals surface area contributed by atoms with E-state index in [4.69, 9.17) is 23.2 Å². The molecule has 0 aliphatic rings. The van der Waals surface area contributed by atoms with Gasteiger partial charge < -0.3 is 4.98 Å². The molecule has 1 N–H and O–H groups in total. The van der Waals surface area contributed by atoms with Gasteiger partial charge in [-0.05, 0) is 35.9 Å². The molecule has 7 heteroatoms. The first-order valence-electron chi connectivity index (χ1n) is 7.01. The van der Waals surface area contributed by atoms with Gasteiger partial charge in [-0.15, -0.1) is 11.3 Å². The van der Waals surface area contributed by atoms with Crippen LogP contribution in [0.1, 0.15) is 0 Å². The van der Waals surface area contributed by atoms with Crippen LogP contribution in [-0.2, 0) is 0 Å². The van der Waals surface area contributed by atoms with Gasteiger partial charge in [-0.3, -0.25) is 9.78 Å². The number of aromatic amines is 1. The maximum Gasteiger partial charge on any atom is 0.269 e. The summed E-state index contributed by atoms with van der Waals surface area (Å²) in [5.41, 5.74) is 2.68. The summed E-state index contributed by atoms with van der Waals surface area (Å²) in [6.45, 7) is 0. The predicted octanol–water partition coefficient (Wildman–Crippen LogP) is 5.02. The fourth-order valence-corrected chi connectivity index (χ4v) is 3.90. The Kier molecular flexibility index (Phi) is 3.84. The third-order valence-corrected chi connectivity index (χ3v) is 4.91. The summed E-state index contributed by atoms with van der Waals surface area (Å²) in [7, 11) is 0. The van der Waals surface area contributed by atoms with Gasteiger partial charge in [0.05, 0.1) is 5.52 Å². The molecule has 4 nitrogen and oxygen atoms in total. The Bertz CT molecular complexity index is 1090. The van der Waals surface area contributed by atoms with E-state index in [1.54, 1.807) is 30.5 Å². The van der Waals surface area contributed by atoms with Crippen LogP contribution in [0.15, 0.2) is 52.8 Å².